The predicted molar refractivity (Wildman–Crippen MR) is 60.2 cm³/mol. The highest BCUT2D eigenvalue weighted by Crippen LogP contribution is 2.31. The highest BCUT2D eigenvalue weighted by atomic mass is 19.3. The minimum atomic E-state index is -2.72. The van der Waals surface area contributed by atoms with Crippen molar-refractivity contribution in [2.24, 2.45) is 5.92 Å². The minimum Gasteiger partial charge on any atom is -0.338 e. The van der Waals surface area contributed by atoms with E-state index in [4.69, 9.17) is 4.52 Å². The van der Waals surface area contributed by atoms with Crippen molar-refractivity contribution in [1.29, 1.82) is 0 Å². The van der Waals surface area contributed by atoms with Crippen molar-refractivity contribution in [3.8, 4) is 0 Å². The van der Waals surface area contributed by atoms with Gasteiger partial charge in [0.15, 0.2) is 0 Å². The fourth-order valence-electron chi connectivity index (χ4n) is 1.83. The molecule has 0 fully saturated rings. The van der Waals surface area contributed by atoms with Gasteiger partial charge in [0.05, 0.1) is 5.92 Å². The number of hydrogen-bond donors (Lipinski definition) is 0. The van der Waals surface area contributed by atoms with Crippen LogP contribution in [0.3, 0.4) is 0 Å². The standard InChI is InChI=1S/C12H13F2N3O/c1-7(2)9(8-4-3-5-15-6-8)12-16-11(10(13)14)17-18-12/h3-7,9-10H,1-2H3. The Morgan fingerprint density at radius 1 is 1.28 bits per heavy atom. The maximum Gasteiger partial charge on any atom is 0.300 e. The fraction of sp³-hybridized carbons (Fsp3) is 0.417. The summed E-state index contributed by atoms with van der Waals surface area (Å²) in [5.41, 5.74) is 0.872. The fourth-order valence-corrected chi connectivity index (χ4v) is 1.83. The third-order valence-corrected chi connectivity index (χ3v) is 2.63. The van der Waals surface area contributed by atoms with Crippen LogP contribution >= 0.6 is 0 Å². The zero-order chi connectivity index (χ0) is 13.1. The van der Waals surface area contributed by atoms with Gasteiger partial charge < -0.3 is 4.52 Å². The molecule has 0 aromatic carbocycles. The molecule has 0 N–H and O–H groups in total. The quantitative estimate of drug-likeness (QED) is 0.839. The molecule has 6 heteroatoms. The van der Waals surface area contributed by atoms with Crippen molar-refractivity contribution in [3.05, 3.63) is 41.8 Å². The highest BCUT2D eigenvalue weighted by molar-refractivity contribution is 5.21. The molecule has 0 bridgehead atoms. The Labute approximate surface area is 103 Å². The third kappa shape index (κ3) is 2.52. The average molecular weight is 253 g/mol. The first kappa shape index (κ1) is 12.6. The van der Waals surface area contributed by atoms with Gasteiger partial charge >= 0.3 is 6.43 Å². The summed E-state index contributed by atoms with van der Waals surface area (Å²) in [7, 11) is 0. The number of halogens is 2. The number of pyridine rings is 1. The molecule has 0 saturated heterocycles. The van der Waals surface area contributed by atoms with E-state index < -0.39 is 12.2 Å². The molecule has 18 heavy (non-hydrogen) atoms. The number of hydrogen-bond acceptors (Lipinski definition) is 4. The van der Waals surface area contributed by atoms with Crippen LogP contribution in [0.4, 0.5) is 8.78 Å². The largest absolute Gasteiger partial charge is 0.338 e. The molecule has 2 aromatic heterocycles. The van der Waals surface area contributed by atoms with Crippen molar-refractivity contribution in [2.75, 3.05) is 0 Å². The molecule has 2 rings (SSSR count). The topological polar surface area (TPSA) is 51.8 Å². The smallest absolute Gasteiger partial charge is 0.300 e. The Hall–Kier alpha value is -1.85. The zero-order valence-electron chi connectivity index (χ0n) is 10.0. The van der Waals surface area contributed by atoms with Crippen LogP contribution in [0.15, 0.2) is 29.0 Å². The van der Waals surface area contributed by atoms with Gasteiger partial charge in [-0.2, -0.15) is 4.98 Å². The molecular formula is C12H13F2N3O. The molecule has 2 heterocycles. The van der Waals surface area contributed by atoms with Crippen molar-refractivity contribution in [1.82, 2.24) is 15.1 Å². The van der Waals surface area contributed by atoms with E-state index in [0.29, 0.717) is 0 Å². The van der Waals surface area contributed by atoms with Gasteiger partial charge in [0.1, 0.15) is 0 Å². The van der Waals surface area contributed by atoms with Crippen LogP contribution < -0.4 is 0 Å². The molecule has 1 unspecified atom stereocenters. The summed E-state index contributed by atoms with van der Waals surface area (Å²) >= 11 is 0. The van der Waals surface area contributed by atoms with E-state index in [1.165, 1.54) is 0 Å². The maximum atomic E-state index is 12.4. The minimum absolute atomic E-state index is 0.139. The van der Waals surface area contributed by atoms with Crippen molar-refractivity contribution in [3.63, 3.8) is 0 Å². The Bertz CT molecular complexity index is 499. The molecule has 96 valence electrons. The van der Waals surface area contributed by atoms with Crippen LogP contribution in [0, 0.1) is 5.92 Å². The summed E-state index contributed by atoms with van der Waals surface area (Å²) in [6, 6.07) is 3.65. The molecule has 2 aromatic rings. The van der Waals surface area contributed by atoms with Gasteiger partial charge in [0.25, 0.3) is 0 Å². The second-order valence-corrected chi connectivity index (χ2v) is 4.30. The zero-order valence-corrected chi connectivity index (χ0v) is 10.0. The molecule has 0 spiro atoms. The first-order valence-electron chi connectivity index (χ1n) is 5.61. The Kier molecular flexibility index (Phi) is 3.64. The van der Waals surface area contributed by atoms with Crippen LogP contribution in [-0.4, -0.2) is 15.1 Å². The van der Waals surface area contributed by atoms with E-state index >= 15 is 0 Å². The van der Waals surface area contributed by atoms with Crippen LogP contribution in [0.2, 0.25) is 0 Å². The average Bonchev–Trinajstić information content (AvgIpc) is 2.79. The van der Waals surface area contributed by atoms with Gasteiger partial charge in [-0.25, -0.2) is 8.78 Å². The lowest BCUT2D eigenvalue weighted by Crippen LogP contribution is -2.09. The maximum absolute atomic E-state index is 12.4. The predicted octanol–water partition coefficient (Wildman–Crippen LogP) is 3.19. The summed E-state index contributed by atoms with van der Waals surface area (Å²) in [6.45, 7) is 3.92. The lowest BCUT2D eigenvalue weighted by molar-refractivity contribution is 0.136. The molecule has 0 aliphatic heterocycles. The summed E-state index contributed by atoms with van der Waals surface area (Å²) in [5, 5.41) is 3.29. The lowest BCUT2D eigenvalue weighted by atomic mass is 9.89. The second kappa shape index (κ2) is 5.20. The molecule has 0 saturated carbocycles. The number of alkyl halides is 2. The van der Waals surface area contributed by atoms with Crippen molar-refractivity contribution in [2.45, 2.75) is 26.2 Å². The van der Waals surface area contributed by atoms with Crippen LogP contribution in [-0.2, 0) is 0 Å². The molecular weight excluding hydrogens is 240 g/mol. The van der Waals surface area contributed by atoms with Crippen molar-refractivity contribution >= 4 is 0 Å². The molecule has 0 aliphatic rings. The third-order valence-electron chi connectivity index (χ3n) is 2.63. The van der Waals surface area contributed by atoms with E-state index in [2.05, 4.69) is 15.1 Å². The first-order valence-corrected chi connectivity index (χ1v) is 5.61. The molecule has 4 nitrogen and oxygen atoms in total. The Morgan fingerprint density at radius 2 is 2.06 bits per heavy atom. The van der Waals surface area contributed by atoms with Gasteiger partial charge in [0.2, 0.25) is 11.7 Å². The van der Waals surface area contributed by atoms with Crippen LogP contribution in [0.1, 0.15) is 43.5 Å². The Balaban J connectivity index is 2.36. The highest BCUT2D eigenvalue weighted by Gasteiger charge is 2.26. The van der Waals surface area contributed by atoms with E-state index in [1.807, 2.05) is 19.9 Å². The van der Waals surface area contributed by atoms with Gasteiger partial charge in [0, 0.05) is 12.4 Å². The van der Waals surface area contributed by atoms with Gasteiger partial charge in [-0.15, -0.1) is 0 Å². The van der Waals surface area contributed by atoms with Crippen LogP contribution in [0.25, 0.3) is 0 Å². The lowest BCUT2D eigenvalue weighted by Gasteiger charge is -2.16. The summed E-state index contributed by atoms with van der Waals surface area (Å²) in [4.78, 5) is 7.77. The summed E-state index contributed by atoms with van der Waals surface area (Å²) in [6.07, 6.45) is 0.611. The van der Waals surface area contributed by atoms with E-state index in [-0.39, 0.29) is 17.7 Å². The van der Waals surface area contributed by atoms with E-state index in [0.717, 1.165) is 5.56 Å². The molecule has 0 aliphatic carbocycles. The van der Waals surface area contributed by atoms with E-state index in [9.17, 15) is 8.78 Å². The SMILES string of the molecule is CC(C)C(c1cccnc1)c1nc(C(F)F)no1. The normalized spacial score (nSPS) is 13.2. The van der Waals surface area contributed by atoms with E-state index in [1.54, 1.807) is 18.5 Å². The molecule has 0 amide bonds. The molecule has 0 radical (unpaired) electrons. The van der Waals surface area contributed by atoms with Gasteiger partial charge in [-0.3, -0.25) is 4.98 Å². The van der Waals surface area contributed by atoms with Crippen molar-refractivity contribution < 1.29 is 13.3 Å². The summed E-state index contributed by atoms with van der Waals surface area (Å²) < 4.78 is 29.8. The van der Waals surface area contributed by atoms with Gasteiger partial charge in [-0.05, 0) is 17.5 Å². The number of rotatable bonds is 4. The Morgan fingerprint density at radius 3 is 2.56 bits per heavy atom. The summed E-state index contributed by atoms with van der Waals surface area (Å²) in [5.74, 6) is -0.452. The second-order valence-electron chi connectivity index (χ2n) is 4.30. The van der Waals surface area contributed by atoms with Crippen LogP contribution in [0.5, 0.6) is 0 Å². The number of aromatic nitrogens is 3. The monoisotopic (exact) mass is 253 g/mol. The number of nitrogens with zero attached hydrogens (tertiary/aromatic N) is 3. The molecule has 1 atom stereocenters. The van der Waals surface area contributed by atoms with Gasteiger partial charge in [-0.1, -0.05) is 25.1 Å². The first-order chi connectivity index (χ1) is 8.59.